The van der Waals surface area contributed by atoms with Gasteiger partial charge in [-0.3, -0.25) is 0 Å². The Morgan fingerprint density at radius 2 is 1.04 bits per heavy atom. The van der Waals surface area contributed by atoms with Gasteiger partial charge in [-0.25, -0.2) is 0 Å². The fraction of sp³-hybridized carbons (Fsp3) is 0.478. The molecular formula is C23H34N2. The summed E-state index contributed by atoms with van der Waals surface area (Å²) in [4.78, 5) is 0. The number of hydrogen-bond acceptors (Lipinski definition) is 2. The van der Waals surface area contributed by atoms with Gasteiger partial charge in [0.05, 0.1) is 0 Å². The molecule has 25 heavy (non-hydrogen) atoms. The second kappa shape index (κ2) is 9.17. The van der Waals surface area contributed by atoms with Gasteiger partial charge in [-0.2, -0.15) is 0 Å². The Bertz CT molecular complexity index is 573. The molecule has 0 radical (unpaired) electrons. The fourth-order valence-corrected chi connectivity index (χ4v) is 3.25. The molecule has 0 heterocycles. The molecule has 4 N–H and O–H groups in total. The van der Waals surface area contributed by atoms with E-state index in [2.05, 4.69) is 76.2 Å². The van der Waals surface area contributed by atoms with Crippen LogP contribution < -0.4 is 11.5 Å². The third-order valence-electron chi connectivity index (χ3n) is 5.17. The van der Waals surface area contributed by atoms with Gasteiger partial charge in [0.15, 0.2) is 0 Å². The quantitative estimate of drug-likeness (QED) is 0.738. The number of nitrogens with two attached hydrogens (primary N) is 2. The Morgan fingerprint density at radius 1 is 0.680 bits per heavy atom. The van der Waals surface area contributed by atoms with Crippen LogP contribution in [-0.2, 0) is 12.8 Å². The van der Waals surface area contributed by atoms with Crippen molar-refractivity contribution in [3.8, 4) is 0 Å². The minimum atomic E-state index is 0.0227. The summed E-state index contributed by atoms with van der Waals surface area (Å²) < 4.78 is 0. The van der Waals surface area contributed by atoms with Crippen LogP contribution in [0.25, 0.3) is 0 Å². The van der Waals surface area contributed by atoms with Crippen LogP contribution in [0.5, 0.6) is 0 Å². The Balaban J connectivity index is 2.10. The van der Waals surface area contributed by atoms with Crippen LogP contribution in [0.1, 0.15) is 61.8 Å². The van der Waals surface area contributed by atoms with Crippen LogP contribution in [-0.4, -0.2) is 12.6 Å². The minimum absolute atomic E-state index is 0.0227. The van der Waals surface area contributed by atoms with E-state index < -0.39 is 0 Å². The Hall–Kier alpha value is -1.64. The van der Waals surface area contributed by atoms with Crippen LogP contribution in [0, 0.1) is 5.92 Å². The lowest BCUT2D eigenvalue weighted by atomic mass is 9.86. The molecule has 2 aromatic rings. The van der Waals surface area contributed by atoms with Crippen molar-refractivity contribution in [3.63, 3.8) is 0 Å². The zero-order chi connectivity index (χ0) is 18.4. The van der Waals surface area contributed by atoms with E-state index in [9.17, 15) is 0 Å². The molecule has 0 fully saturated rings. The number of hydrogen-bond donors (Lipinski definition) is 2. The fourth-order valence-electron chi connectivity index (χ4n) is 3.25. The predicted molar refractivity (Wildman–Crippen MR) is 109 cm³/mol. The molecule has 0 aliphatic rings. The average Bonchev–Trinajstić information content (AvgIpc) is 2.61. The highest BCUT2D eigenvalue weighted by Gasteiger charge is 2.18. The number of rotatable bonds is 8. The molecule has 0 saturated heterocycles. The molecule has 2 aromatic carbocycles. The van der Waals surface area contributed by atoms with E-state index >= 15 is 0 Å². The highest BCUT2D eigenvalue weighted by molar-refractivity contribution is 5.27. The summed E-state index contributed by atoms with van der Waals surface area (Å²) in [5, 5.41) is 0. The predicted octanol–water partition coefficient (Wildman–Crippen LogP) is 4.62. The van der Waals surface area contributed by atoms with E-state index in [4.69, 9.17) is 11.5 Å². The third kappa shape index (κ3) is 5.69. The molecule has 0 saturated carbocycles. The van der Waals surface area contributed by atoms with Crippen LogP contribution in [0.3, 0.4) is 0 Å². The lowest BCUT2D eigenvalue weighted by Crippen LogP contribution is -2.39. The number of benzene rings is 2. The van der Waals surface area contributed by atoms with Crippen molar-refractivity contribution >= 4 is 0 Å². The zero-order valence-corrected chi connectivity index (χ0v) is 16.2. The molecule has 2 rings (SSSR count). The maximum absolute atomic E-state index is 6.34. The highest BCUT2D eigenvalue weighted by atomic mass is 14.7. The van der Waals surface area contributed by atoms with Gasteiger partial charge in [0.25, 0.3) is 0 Å². The van der Waals surface area contributed by atoms with Crippen molar-refractivity contribution in [2.75, 3.05) is 6.54 Å². The second-order valence-corrected chi connectivity index (χ2v) is 7.86. The average molecular weight is 339 g/mol. The van der Waals surface area contributed by atoms with Crippen molar-refractivity contribution in [1.82, 2.24) is 0 Å². The summed E-state index contributed by atoms with van der Waals surface area (Å²) in [6, 6.07) is 18.0. The Morgan fingerprint density at radius 3 is 1.32 bits per heavy atom. The largest absolute Gasteiger partial charge is 0.329 e. The van der Waals surface area contributed by atoms with E-state index in [1.807, 2.05) is 0 Å². The van der Waals surface area contributed by atoms with E-state index in [0.717, 1.165) is 12.8 Å². The molecule has 0 aliphatic carbocycles. The third-order valence-corrected chi connectivity index (χ3v) is 5.17. The molecule has 2 nitrogen and oxygen atoms in total. The molecule has 1 unspecified atom stereocenters. The van der Waals surface area contributed by atoms with Gasteiger partial charge in [-0.1, -0.05) is 76.2 Å². The van der Waals surface area contributed by atoms with Crippen molar-refractivity contribution in [3.05, 3.63) is 70.8 Å². The van der Waals surface area contributed by atoms with Crippen molar-refractivity contribution in [2.24, 2.45) is 17.4 Å². The first-order valence-corrected chi connectivity index (χ1v) is 9.54. The zero-order valence-electron chi connectivity index (χ0n) is 16.2. The summed E-state index contributed by atoms with van der Waals surface area (Å²) in [5.74, 6) is 1.49. The van der Waals surface area contributed by atoms with Gasteiger partial charge in [0.2, 0.25) is 0 Å². The first-order chi connectivity index (χ1) is 11.9. The van der Waals surface area contributed by atoms with Gasteiger partial charge in [-0.15, -0.1) is 0 Å². The van der Waals surface area contributed by atoms with Gasteiger partial charge < -0.3 is 11.5 Å². The first kappa shape index (κ1) is 19.7. The van der Waals surface area contributed by atoms with Gasteiger partial charge in [0.1, 0.15) is 0 Å². The van der Waals surface area contributed by atoms with Crippen molar-refractivity contribution in [1.29, 1.82) is 0 Å². The maximum atomic E-state index is 6.34. The molecule has 136 valence electrons. The van der Waals surface area contributed by atoms with Gasteiger partial charge in [-0.05, 0) is 52.8 Å². The molecule has 0 aromatic heterocycles. The molecule has 0 bridgehead atoms. The molecule has 2 heteroatoms. The lowest BCUT2D eigenvalue weighted by molar-refractivity contribution is 0.420. The van der Waals surface area contributed by atoms with E-state index in [1.165, 1.54) is 22.3 Å². The molecule has 0 aliphatic heterocycles. The Labute approximate surface area is 153 Å². The van der Waals surface area contributed by atoms with Crippen molar-refractivity contribution in [2.45, 2.75) is 58.4 Å². The van der Waals surface area contributed by atoms with Crippen LogP contribution in [0.4, 0.5) is 0 Å². The smallest absolute Gasteiger partial charge is 0.0198 e. The van der Waals surface area contributed by atoms with Crippen LogP contribution in [0.2, 0.25) is 0 Å². The standard InChI is InChI=1S/C23H34N2/c1-16(2)20-9-5-18(6-10-20)13-22(23(25)15-24)14-19-7-11-21(12-8-19)17(3)4/h5-12,16-17,22-23H,13-15,24-25H2,1-4H3. The molecule has 0 amide bonds. The van der Waals surface area contributed by atoms with E-state index in [-0.39, 0.29) is 6.04 Å². The summed E-state index contributed by atoms with van der Waals surface area (Å²) in [6.45, 7) is 9.43. The highest BCUT2D eigenvalue weighted by Crippen LogP contribution is 2.21. The summed E-state index contributed by atoms with van der Waals surface area (Å²) >= 11 is 0. The SMILES string of the molecule is CC(C)c1ccc(CC(Cc2ccc(C(C)C)cc2)C(N)CN)cc1. The van der Waals surface area contributed by atoms with Gasteiger partial charge >= 0.3 is 0 Å². The Kier molecular flexibility index (Phi) is 7.22. The lowest BCUT2D eigenvalue weighted by Gasteiger charge is -2.23. The summed E-state index contributed by atoms with van der Waals surface area (Å²) in [5.41, 5.74) is 17.7. The molecular weight excluding hydrogens is 304 g/mol. The monoisotopic (exact) mass is 338 g/mol. The van der Waals surface area contributed by atoms with Crippen molar-refractivity contribution < 1.29 is 0 Å². The van der Waals surface area contributed by atoms with Gasteiger partial charge in [0, 0.05) is 12.6 Å². The minimum Gasteiger partial charge on any atom is -0.329 e. The topological polar surface area (TPSA) is 52.0 Å². The first-order valence-electron chi connectivity index (χ1n) is 9.54. The van der Waals surface area contributed by atoms with E-state index in [1.54, 1.807) is 0 Å². The van der Waals surface area contributed by atoms with Crippen LogP contribution >= 0.6 is 0 Å². The molecule has 0 spiro atoms. The summed E-state index contributed by atoms with van der Waals surface area (Å²) in [7, 11) is 0. The second-order valence-electron chi connectivity index (χ2n) is 7.86. The summed E-state index contributed by atoms with van der Waals surface area (Å²) in [6.07, 6.45) is 1.95. The van der Waals surface area contributed by atoms with E-state index in [0.29, 0.717) is 24.3 Å². The van der Waals surface area contributed by atoms with Crippen LogP contribution in [0.15, 0.2) is 48.5 Å². The molecule has 1 atom stereocenters. The maximum Gasteiger partial charge on any atom is 0.0198 e. The normalized spacial score (nSPS) is 13.0.